The first-order valence-electron chi connectivity index (χ1n) is 11.5. The van der Waals surface area contributed by atoms with Gasteiger partial charge in [-0.1, -0.05) is 59.4 Å². The number of aliphatic hydroxyl groups is 1. The molecule has 0 saturated heterocycles. The molecule has 1 N–H and O–H groups in total. The van der Waals surface area contributed by atoms with Crippen LogP contribution < -0.4 is 0 Å². The van der Waals surface area contributed by atoms with E-state index in [4.69, 9.17) is 0 Å². The SMILES string of the molecule is Cc1ccc(C2C(C(=O)c3sc4nc5ccccc5n4c3C)=C(O)C(=O)N2Cc2cccnc2)cc1. The molecule has 3 aromatic heterocycles. The van der Waals surface area contributed by atoms with Gasteiger partial charge in [-0.25, -0.2) is 4.98 Å². The predicted octanol–water partition coefficient (Wildman–Crippen LogP) is 5.34. The number of hydrogen-bond donors (Lipinski definition) is 1. The van der Waals surface area contributed by atoms with Crippen LogP contribution in [0.2, 0.25) is 0 Å². The third-order valence-electron chi connectivity index (χ3n) is 6.61. The highest BCUT2D eigenvalue weighted by Gasteiger charge is 2.44. The number of hydrogen-bond acceptors (Lipinski definition) is 6. The van der Waals surface area contributed by atoms with Gasteiger partial charge in [-0.3, -0.25) is 19.0 Å². The summed E-state index contributed by atoms with van der Waals surface area (Å²) in [7, 11) is 0. The van der Waals surface area contributed by atoms with Crippen LogP contribution in [0.4, 0.5) is 0 Å². The van der Waals surface area contributed by atoms with Gasteiger partial charge in [0.05, 0.1) is 27.5 Å². The third-order valence-corrected chi connectivity index (χ3v) is 7.75. The maximum atomic E-state index is 14.0. The quantitative estimate of drug-likeness (QED) is 0.333. The summed E-state index contributed by atoms with van der Waals surface area (Å²) in [4.78, 5) is 38.9. The highest BCUT2D eigenvalue weighted by Crippen LogP contribution is 2.41. The molecule has 178 valence electrons. The van der Waals surface area contributed by atoms with Crippen molar-refractivity contribution in [3.8, 4) is 0 Å². The zero-order valence-electron chi connectivity index (χ0n) is 19.7. The summed E-state index contributed by atoms with van der Waals surface area (Å²) in [6.07, 6.45) is 3.34. The molecule has 1 amide bonds. The highest BCUT2D eigenvalue weighted by molar-refractivity contribution is 7.19. The summed E-state index contributed by atoms with van der Waals surface area (Å²) in [6, 6.07) is 18.4. The Balaban J connectivity index is 1.48. The Morgan fingerprint density at radius 2 is 1.83 bits per heavy atom. The Morgan fingerprint density at radius 1 is 1.06 bits per heavy atom. The van der Waals surface area contributed by atoms with E-state index in [2.05, 4.69) is 9.97 Å². The van der Waals surface area contributed by atoms with Gasteiger partial charge in [0.1, 0.15) is 0 Å². The van der Waals surface area contributed by atoms with Crippen molar-refractivity contribution in [2.75, 3.05) is 0 Å². The number of nitrogens with zero attached hydrogens (tertiary/aromatic N) is 4. The van der Waals surface area contributed by atoms with Crippen LogP contribution in [0.3, 0.4) is 0 Å². The summed E-state index contributed by atoms with van der Waals surface area (Å²) in [5, 5.41) is 11.0. The minimum absolute atomic E-state index is 0.0876. The zero-order valence-corrected chi connectivity index (χ0v) is 20.5. The Kier molecular flexibility index (Phi) is 5.19. The van der Waals surface area contributed by atoms with Gasteiger partial charge < -0.3 is 10.0 Å². The summed E-state index contributed by atoms with van der Waals surface area (Å²) in [5.41, 5.74) is 5.21. The Bertz CT molecular complexity index is 1680. The molecule has 8 heteroatoms. The fourth-order valence-electron chi connectivity index (χ4n) is 4.83. The second-order valence-corrected chi connectivity index (χ2v) is 9.91. The number of carbonyl (C=O) groups excluding carboxylic acids is 2. The van der Waals surface area contributed by atoms with Gasteiger partial charge in [-0.15, -0.1) is 0 Å². The molecule has 0 spiro atoms. The number of benzene rings is 2. The summed E-state index contributed by atoms with van der Waals surface area (Å²) in [5.74, 6) is -1.45. The molecule has 36 heavy (non-hydrogen) atoms. The lowest BCUT2D eigenvalue weighted by molar-refractivity contribution is -0.130. The Morgan fingerprint density at radius 3 is 2.58 bits per heavy atom. The number of amides is 1. The molecule has 1 unspecified atom stereocenters. The van der Waals surface area contributed by atoms with Crippen molar-refractivity contribution in [1.82, 2.24) is 19.3 Å². The van der Waals surface area contributed by atoms with Crippen LogP contribution in [0.25, 0.3) is 16.0 Å². The lowest BCUT2D eigenvalue weighted by Crippen LogP contribution is -2.30. The van der Waals surface area contributed by atoms with E-state index in [1.165, 1.54) is 16.2 Å². The number of aliphatic hydroxyl groups excluding tert-OH is 1. The maximum absolute atomic E-state index is 14.0. The molecular weight excluding hydrogens is 472 g/mol. The number of imidazole rings is 1. The molecule has 0 bridgehead atoms. The monoisotopic (exact) mass is 494 g/mol. The van der Waals surface area contributed by atoms with Gasteiger partial charge in [0.25, 0.3) is 5.91 Å². The first-order valence-corrected chi connectivity index (χ1v) is 12.4. The first-order chi connectivity index (χ1) is 17.4. The average molecular weight is 495 g/mol. The number of fused-ring (bicyclic) bond motifs is 3. The molecule has 1 aliphatic heterocycles. The van der Waals surface area contributed by atoms with E-state index in [9.17, 15) is 14.7 Å². The van der Waals surface area contributed by atoms with E-state index < -0.39 is 17.7 Å². The van der Waals surface area contributed by atoms with E-state index >= 15 is 0 Å². The van der Waals surface area contributed by atoms with Gasteiger partial charge in [0.2, 0.25) is 5.78 Å². The van der Waals surface area contributed by atoms with Crippen LogP contribution in [0.5, 0.6) is 0 Å². The van der Waals surface area contributed by atoms with Gasteiger partial charge in [0.15, 0.2) is 10.7 Å². The molecular formula is C28H22N4O3S. The van der Waals surface area contributed by atoms with Crippen molar-refractivity contribution >= 4 is 39.0 Å². The van der Waals surface area contributed by atoms with E-state index in [-0.39, 0.29) is 17.9 Å². The second-order valence-electron chi connectivity index (χ2n) is 8.93. The lowest BCUT2D eigenvalue weighted by atomic mass is 9.94. The number of ketones is 1. The van der Waals surface area contributed by atoms with Gasteiger partial charge in [-0.05, 0) is 43.2 Å². The summed E-state index contributed by atoms with van der Waals surface area (Å²) < 4.78 is 1.95. The Hall–Kier alpha value is -4.30. The summed E-state index contributed by atoms with van der Waals surface area (Å²) in [6.45, 7) is 4.06. The molecule has 0 radical (unpaired) electrons. The van der Waals surface area contributed by atoms with Crippen LogP contribution in [0.15, 0.2) is 84.4 Å². The van der Waals surface area contributed by atoms with Gasteiger partial charge >= 0.3 is 0 Å². The molecule has 5 aromatic rings. The lowest BCUT2D eigenvalue weighted by Gasteiger charge is -2.27. The number of aromatic nitrogens is 3. The molecule has 0 aliphatic carbocycles. The molecule has 6 rings (SSSR count). The molecule has 0 fully saturated rings. The van der Waals surface area contributed by atoms with Crippen molar-refractivity contribution in [2.24, 2.45) is 0 Å². The smallest absolute Gasteiger partial charge is 0.290 e. The second kappa shape index (κ2) is 8.42. The molecule has 7 nitrogen and oxygen atoms in total. The van der Waals surface area contributed by atoms with Crippen LogP contribution >= 0.6 is 11.3 Å². The fourth-order valence-corrected chi connectivity index (χ4v) is 5.92. The molecule has 1 aliphatic rings. The topological polar surface area (TPSA) is 87.8 Å². The van der Waals surface area contributed by atoms with Crippen molar-refractivity contribution in [3.05, 3.63) is 112 Å². The minimum atomic E-state index is -0.726. The molecule has 1 atom stereocenters. The number of Topliss-reactive ketones (excluding diaryl/α,β-unsaturated/α-hetero) is 1. The van der Waals surface area contributed by atoms with Crippen molar-refractivity contribution in [3.63, 3.8) is 0 Å². The van der Waals surface area contributed by atoms with E-state index in [0.29, 0.717) is 9.84 Å². The van der Waals surface area contributed by atoms with Crippen molar-refractivity contribution in [2.45, 2.75) is 26.4 Å². The Labute approximate surface area is 211 Å². The van der Waals surface area contributed by atoms with Crippen LogP contribution in [-0.2, 0) is 11.3 Å². The number of para-hydroxylation sites is 2. The highest BCUT2D eigenvalue weighted by atomic mass is 32.1. The average Bonchev–Trinajstić information content (AvgIpc) is 3.50. The number of carbonyl (C=O) groups is 2. The molecule has 2 aromatic carbocycles. The molecule has 0 saturated carbocycles. The number of pyridine rings is 1. The fraction of sp³-hybridized carbons (Fsp3) is 0.143. The number of thiazole rings is 1. The number of aryl methyl sites for hydroxylation is 2. The van der Waals surface area contributed by atoms with E-state index in [1.54, 1.807) is 18.5 Å². The molecule has 4 heterocycles. The van der Waals surface area contributed by atoms with Crippen LogP contribution in [0.1, 0.15) is 38.1 Å². The standard InChI is InChI=1S/C28H22N4O3S/c1-16-9-11-19(12-10-16)23-22(25(34)27(35)31(23)15-18-6-5-13-29-14-18)24(33)26-17(2)32-21-8-4-3-7-20(21)30-28(32)36-26/h3-14,23,34H,15H2,1-2H3. The van der Waals surface area contributed by atoms with E-state index in [1.807, 2.05) is 72.8 Å². The van der Waals surface area contributed by atoms with Gasteiger partial charge in [-0.2, -0.15) is 0 Å². The zero-order chi connectivity index (χ0) is 25.0. The largest absolute Gasteiger partial charge is 0.503 e. The first kappa shape index (κ1) is 22.2. The predicted molar refractivity (Wildman–Crippen MR) is 138 cm³/mol. The van der Waals surface area contributed by atoms with Crippen molar-refractivity contribution < 1.29 is 14.7 Å². The van der Waals surface area contributed by atoms with Crippen LogP contribution in [-0.4, -0.2) is 36.1 Å². The normalized spacial score (nSPS) is 16.0. The van der Waals surface area contributed by atoms with Crippen LogP contribution in [0, 0.1) is 13.8 Å². The van der Waals surface area contributed by atoms with Crippen molar-refractivity contribution in [1.29, 1.82) is 0 Å². The third kappa shape index (κ3) is 3.41. The number of rotatable bonds is 5. The maximum Gasteiger partial charge on any atom is 0.290 e. The van der Waals surface area contributed by atoms with E-state index in [0.717, 1.165) is 33.4 Å². The van der Waals surface area contributed by atoms with Gasteiger partial charge in [0, 0.05) is 24.6 Å². The minimum Gasteiger partial charge on any atom is -0.503 e. The summed E-state index contributed by atoms with van der Waals surface area (Å²) >= 11 is 1.27.